The zero-order valence-corrected chi connectivity index (χ0v) is 12.4. The normalized spacial score (nSPS) is 9.58. The van der Waals surface area contributed by atoms with Crippen LogP contribution >= 0.6 is 35.6 Å². The van der Waals surface area contributed by atoms with Crippen molar-refractivity contribution in [3.8, 4) is 5.75 Å². The molecule has 19 heavy (non-hydrogen) atoms. The van der Waals surface area contributed by atoms with Gasteiger partial charge in [0.2, 0.25) is 0 Å². The van der Waals surface area contributed by atoms with Crippen LogP contribution < -0.4 is 15.8 Å². The van der Waals surface area contributed by atoms with Crippen LogP contribution in [0.15, 0.2) is 24.8 Å². The predicted octanol–water partition coefficient (Wildman–Crippen LogP) is 2.55. The van der Waals surface area contributed by atoms with Crippen LogP contribution in [-0.4, -0.2) is 19.1 Å². The number of nitrogens with two attached hydrogens (primary N) is 1. The third kappa shape index (κ3) is 6.16. The quantitative estimate of drug-likeness (QED) is 0.598. The van der Waals surface area contributed by atoms with Crippen molar-refractivity contribution < 1.29 is 9.53 Å². The van der Waals surface area contributed by atoms with E-state index in [2.05, 4.69) is 11.9 Å². The standard InChI is InChI=1S/C12H14Cl2N2O2.ClH/c1-2-3-16-6-8-4-9(13)5-10(14)12(8)18-7-11(15)17;/h2,4-5,16H,1,3,6-7H2,(H2,15,17);1H. The predicted molar refractivity (Wildman–Crippen MR) is 80.3 cm³/mol. The molecule has 0 aliphatic rings. The van der Waals surface area contributed by atoms with Gasteiger partial charge in [-0.2, -0.15) is 0 Å². The van der Waals surface area contributed by atoms with Gasteiger partial charge in [-0.1, -0.05) is 29.3 Å². The third-order valence-corrected chi connectivity index (χ3v) is 2.55. The fraction of sp³-hybridized carbons (Fsp3) is 0.250. The Balaban J connectivity index is 0.00000324. The first kappa shape index (κ1) is 18.1. The summed E-state index contributed by atoms with van der Waals surface area (Å²) in [5.41, 5.74) is 5.79. The second kappa shape index (κ2) is 9.04. The van der Waals surface area contributed by atoms with Crippen LogP contribution in [0.5, 0.6) is 5.75 Å². The molecule has 0 bridgehead atoms. The van der Waals surface area contributed by atoms with Crippen molar-refractivity contribution in [1.82, 2.24) is 5.32 Å². The zero-order valence-electron chi connectivity index (χ0n) is 10.1. The van der Waals surface area contributed by atoms with E-state index in [1.54, 1.807) is 18.2 Å². The number of nitrogens with one attached hydrogen (secondary N) is 1. The Labute approximate surface area is 128 Å². The molecule has 3 N–H and O–H groups in total. The first-order valence-corrected chi connectivity index (χ1v) is 6.00. The number of hydrogen-bond acceptors (Lipinski definition) is 3. The summed E-state index contributed by atoms with van der Waals surface area (Å²) < 4.78 is 5.28. The van der Waals surface area contributed by atoms with Gasteiger partial charge in [0.05, 0.1) is 5.02 Å². The summed E-state index contributed by atoms with van der Waals surface area (Å²) in [5.74, 6) is -0.151. The first-order chi connectivity index (χ1) is 8.54. The highest BCUT2D eigenvalue weighted by atomic mass is 35.5. The summed E-state index contributed by atoms with van der Waals surface area (Å²) in [4.78, 5) is 10.7. The number of rotatable bonds is 7. The first-order valence-electron chi connectivity index (χ1n) is 5.25. The van der Waals surface area contributed by atoms with Crippen LogP contribution in [0.2, 0.25) is 10.0 Å². The fourth-order valence-corrected chi connectivity index (χ4v) is 1.95. The van der Waals surface area contributed by atoms with Crippen molar-refractivity contribution in [2.45, 2.75) is 6.54 Å². The number of ether oxygens (including phenoxy) is 1. The molecule has 0 saturated heterocycles. The molecule has 4 nitrogen and oxygen atoms in total. The highest BCUT2D eigenvalue weighted by molar-refractivity contribution is 6.35. The number of carbonyl (C=O) groups is 1. The lowest BCUT2D eigenvalue weighted by molar-refractivity contribution is -0.119. The number of halogens is 3. The van der Waals surface area contributed by atoms with Gasteiger partial charge in [0.1, 0.15) is 5.75 Å². The van der Waals surface area contributed by atoms with E-state index < -0.39 is 5.91 Å². The molecule has 0 aliphatic heterocycles. The van der Waals surface area contributed by atoms with E-state index in [4.69, 9.17) is 33.7 Å². The van der Waals surface area contributed by atoms with Crippen LogP contribution in [-0.2, 0) is 11.3 Å². The van der Waals surface area contributed by atoms with Crippen molar-refractivity contribution in [3.63, 3.8) is 0 Å². The van der Waals surface area contributed by atoms with E-state index in [1.165, 1.54) is 0 Å². The van der Waals surface area contributed by atoms with E-state index in [-0.39, 0.29) is 19.0 Å². The molecule has 1 rings (SSSR count). The van der Waals surface area contributed by atoms with E-state index in [0.717, 1.165) is 5.56 Å². The summed E-state index contributed by atoms with van der Waals surface area (Å²) in [7, 11) is 0. The fourth-order valence-electron chi connectivity index (χ4n) is 1.36. The minimum Gasteiger partial charge on any atom is -0.482 e. The molecule has 0 fully saturated rings. The van der Waals surface area contributed by atoms with Crippen molar-refractivity contribution in [1.29, 1.82) is 0 Å². The molecule has 0 radical (unpaired) electrons. The van der Waals surface area contributed by atoms with Gasteiger partial charge >= 0.3 is 0 Å². The number of carbonyl (C=O) groups excluding carboxylic acids is 1. The lowest BCUT2D eigenvalue weighted by Gasteiger charge is -2.13. The molecule has 0 aromatic heterocycles. The van der Waals surface area contributed by atoms with Crippen LogP contribution in [0.4, 0.5) is 0 Å². The van der Waals surface area contributed by atoms with Gasteiger partial charge < -0.3 is 15.8 Å². The zero-order chi connectivity index (χ0) is 13.5. The minimum atomic E-state index is -0.564. The highest BCUT2D eigenvalue weighted by Gasteiger charge is 2.11. The lowest BCUT2D eigenvalue weighted by atomic mass is 10.2. The second-order valence-electron chi connectivity index (χ2n) is 3.55. The SMILES string of the molecule is C=CCNCc1cc(Cl)cc(Cl)c1OCC(N)=O.Cl. The minimum absolute atomic E-state index is 0. The molecule has 7 heteroatoms. The molecule has 0 unspecified atom stereocenters. The third-order valence-electron chi connectivity index (χ3n) is 2.05. The van der Waals surface area contributed by atoms with Gasteiger partial charge in [-0.25, -0.2) is 0 Å². The molecule has 106 valence electrons. The molecule has 1 aromatic carbocycles. The molecule has 0 aliphatic carbocycles. The van der Waals surface area contributed by atoms with Gasteiger partial charge in [0.15, 0.2) is 6.61 Å². The summed E-state index contributed by atoms with van der Waals surface area (Å²) in [5, 5.41) is 3.95. The van der Waals surface area contributed by atoms with Gasteiger partial charge in [0, 0.05) is 23.7 Å². The Hall–Kier alpha value is -0.940. The summed E-state index contributed by atoms with van der Waals surface area (Å²) in [6, 6.07) is 3.27. The Morgan fingerprint density at radius 2 is 2.16 bits per heavy atom. The maximum absolute atomic E-state index is 10.7. The maximum atomic E-state index is 10.7. The number of benzene rings is 1. The second-order valence-corrected chi connectivity index (χ2v) is 4.39. The monoisotopic (exact) mass is 324 g/mol. The Kier molecular flexibility index (Phi) is 8.59. The summed E-state index contributed by atoms with van der Waals surface area (Å²) in [6.45, 7) is 4.51. The van der Waals surface area contributed by atoms with Crippen LogP contribution in [0.3, 0.4) is 0 Å². The molecule has 0 heterocycles. The molecule has 0 saturated carbocycles. The topological polar surface area (TPSA) is 64.3 Å². The number of amides is 1. The van der Waals surface area contributed by atoms with Gasteiger partial charge in [-0.3, -0.25) is 4.79 Å². The molecule has 0 atom stereocenters. The van der Waals surface area contributed by atoms with Crippen LogP contribution in [0.25, 0.3) is 0 Å². The van der Waals surface area contributed by atoms with E-state index >= 15 is 0 Å². The number of primary amides is 1. The van der Waals surface area contributed by atoms with Gasteiger partial charge in [-0.15, -0.1) is 19.0 Å². The van der Waals surface area contributed by atoms with Crippen molar-refractivity contribution in [3.05, 3.63) is 40.4 Å². The lowest BCUT2D eigenvalue weighted by Crippen LogP contribution is -2.21. The smallest absolute Gasteiger partial charge is 0.255 e. The van der Waals surface area contributed by atoms with E-state index in [1.807, 2.05) is 0 Å². The molecular formula is C12H15Cl3N2O2. The van der Waals surface area contributed by atoms with E-state index in [9.17, 15) is 4.79 Å². The Bertz CT molecular complexity index is 453. The average Bonchev–Trinajstić information content (AvgIpc) is 2.27. The molecule has 0 spiro atoms. The summed E-state index contributed by atoms with van der Waals surface area (Å²) in [6.07, 6.45) is 1.73. The van der Waals surface area contributed by atoms with E-state index in [0.29, 0.717) is 28.9 Å². The van der Waals surface area contributed by atoms with Crippen LogP contribution in [0.1, 0.15) is 5.56 Å². The highest BCUT2D eigenvalue weighted by Crippen LogP contribution is 2.32. The largest absolute Gasteiger partial charge is 0.482 e. The maximum Gasteiger partial charge on any atom is 0.255 e. The Morgan fingerprint density at radius 1 is 1.47 bits per heavy atom. The molecule has 1 aromatic rings. The number of hydrogen-bond donors (Lipinski definition) is 2. The average molecular weight is 326 g/mol. The van der Waals surface area contributed by atoms with Crippen molar-refractivity contribution in [2.24, 2.45) is 5.73 Å². The van der Waals surface area contributed by atoms with Crippen LogP contribution in [0, 0.1) is 0 Å². The van der Waals surface area contributed by atoms with Crippen molar-refractivity contribution >= 4 is 41.5 Å². The van der Waals surface area contributed by atoms with Gasteiger partial charge in [0.25, 0.3) is 5.91 Å². The Morgan fingerprint density at radius 3 is 2.74 bits per heavy atom. The molecule has 1 amide bonds. The molecular weight excluding hydrogens is 311 g/mol. The van der Waals surface area contributed by atoms with Crippen molar-refractivity contribution in [2.75, 3.05) is 13.2 Å². The van der Waals surface area contributed by atoms with Gasteiger partial charge in [-0.05, 0) is 12.1 Å². The summed E-state index contributed by atoms with van der Waals surface area (Å²) >= 11 is 11.9.